The second-order valence-corrected chi connectivity index (χ2v) is 7.04. The van der Waals surface area contributed by atoms with Crippen molar-refractivity contribution in [2.45, 2.75) is 0 Å². The van der Waals surface area contributed by atoms with Crippen molar-refractivity contribution >= 4 is 39.1 Å². The number of thiazole rings is 1. The standard InChI is InChI=1S/C22H14N4O2S/c23-12-17(13-24-20-7-3-5-15-4-1-2-6-19(15)20)22-25-21(14-29-22)16-8-10-18(11-9-16)26(27)28/h1-11,13-14,24H/b17-13-. The first-order valence-electron chi connectivity index (χ1n) is 8.71. The van der Waals surface area contributed by atoms with E-state index in [-0.39, 0.29) is 5.69 Å². The molecule has 0 spiro atoms. The van der Waals surface area contributed by atoms with Crippen molar-refractivity contribution in [3.8, 4) is 17.3 Å². The maximum Gasteiger partial charge on any atom is 0.269 e. The lowest BCUT2D eigenvalue weighted by Crippen LogP contribution is -1.92. The molecular formula is C22H14N4O2S. The molecule has 0 amide bonds. The van der Waals surface area contributed by atoms with Crippen LogP contribution in [0.25, 0.3) is 27.6 Å². The molecule has 0 aliphatic heterocycles. The van der Waals surface area contributed by atoms with E-state index < -0.39 is 4.92 Å². The maximum atomic E-state index is 10.8. The van der Waals surface area contributed by atoms with E-state index in [1.807, 2.05) is 47.8 Å². The van der Waals surface area contributed by atoms with Crippen molar-refractivity contribution in [2.24, 2.45) is 0 Å². The third-order valence-corrected chi connectivity index (χ3v) is 5.27. The molecular weight excluding hydrogens is 384 g/mol. The molecule has 7 heteroatoms. The minimum absolute atomic E-state index is 0.0288. The van der Waals surface area contributed by atoms with Crippen LogP contribution >= 0.6 is 11.3 Å². The van der Waals surface area contributed by atoms with Gasteiger partial charge in [0, 0.05) is 40.3 Å². The smallest absolute Gasteiger partial charge is 0.269 e. The van der Waals surface area contributed by atoms with Gasteiger partial charge in [-0.05, 0) is 23.6 Å². The minimum atomic E-state index is -0.439. The van der Waals surface area contributed by atoms with Gasteiger partial charge in [0.15, 0.2) is 0 Å². The molecule has 6 nitrogen and oxygen atoms in total. The number of non-ortho nitro benzene ring substituents is 1. The Morgan fingerprint density at radius 1 is 1.10 bits per heavy atom. The van der Waals surface area contributed by atoms with Gasteiger partial charge in [-0.3, -0.25) is 10.1 Å². The highest BCUT2D eigenvalue weighted by molar-refractivity contribution is 7.11. The van der Waals surface area contributed by atoms with E-state index in [2.05, 4.69) is 16.4 Å². The Morgan fingerprint density at radius 3 is 2.62 bits per heavy atom. The number of fused-ring (bicyclic) bond motifs is 1. The maximum absolute atomic E-state index is 10.8. The summed E-state index contributed by atoms with van der Waals surface area (Å²) in [6.07, 6.45) is 1.65. The van der Waals surface area contributed by atoms with E-state index in [1.165, 1.54) is 23.5 Å². The fraction of sp³-hybridized carbons (Fsp3) is 0. The molecule has 0 aliphatic carbocycles. The van der Waals surface area contributed by atoms with E-state index in [0.717, 1.165) is 22.0 Å². The third kappa shape index (κ3) is 3.83. The summed E-state index contributed by atoms with van der Waals surface area (Å²) in [6, 6.07) is 22.3. The van der Waals surface area contributed by atoms with Crippen LogP contribution in [0.5, 0.6) is 0 Å². The van der Waals surface area contributed by atoms with Gasteiger partial charge >= 0.3 is 0 Å². The van der Waals surface area contributed by atoms with Gasteiger partial charge in [0.05, 0.1) is 10.6 Å². The minimum Gasteiger partial charge on any atom is -0.360 e. The molecule has 0 saturated carbocycles. The highest BCUT2D eigenvalue weighted by atomic mass is 32.1. The van der Waals surface area contributed by atoms with Crippen LogP contribution in [-0.2, 0) is 0 Å². The summed E-state index contributed by atoms with van der Waals surface area (Å²) >= 11 is 1.35. The molecule has 140 valence electrons. The SMILES string of the molecule is N#C/C(=C/Nc1cccc2ccccc12)c1nc(-c2ccc([N+](=O)[O-])cc2)cs1. The molecule has 0 unspecified atom stereocenters. The number of nitro benzene ring substituents is 1. The van der Waals surface area contributed by atoms with Crippen molar-refractivity contribution in [3.05, 3.63) is 93.4 Å². The number of benzene rings is 3. The van der Waals surface area contributed by atoms with Crippen LogP contribution in [-0.4, -0.2) is 9.91 Å². The van der Waals surface area contributed by atoms with Crippen LogP contribution in [0.3, 0.4) is 0 Å². The van der Waals surface area contributed by atoms with Gasteiger partial charge in [-0.2, -0.15) is 5.26 Å². The quantitative estimate of drug-likeness (QED) is 0.259. The highest BCUT2D eigenvalue weighted by Crippen LogP contribution is 2.28. The van der Waals surface area contributed by atoms with Crippen molar-refractivity contribution in [1.29, 1.82) is 5.26 Å². The molecule has 1 aromatic heterocycles. The Labute approximate surface area is 170 Å². The summed E-state index contributed by atoms with van der Waals surface area (Å²) in [5.41, 5.74) is 2.78. The van der Waals surface area contributed by atoms with Gasteiger partial charge in [0.25, 0.3) is 5.69 Å². The Bertz CT molecular complexity index is 1260. The van der Waals surface area contributed by atoms with Crippen LogP contribution in [0.1, 0.15) is 5.01 Å². The second kappa shape index (κ2) is 7.92. The van der Waals surface area contributed by atoms with Crippen LogP contribution in [0.2, 0.25) is 0 Å². The molecule has 4 rings (SSSR count). The van der Waals surface area contributed by atoms with E-state index in [0.29, 0.717) is 16.3 Å². The zero-order valence-corrected chi connectivity index (χ0v) is 15.9. The number of nitriles is 1. The summed E-state index contributed by atoms with van der Waals surface area (Å²) in [5, 5.41) is 28.2. The molecule has 0 saturated heterocycles. The number of allylic oxidation sites excluding steroid dienone is 1. The van der Waals surface area contributed by atoms with Gasteiger partial charge in [0.2, 0.25) is 0 Å². The molecule has 0 bridgehead atoms. The summed E-state index contributed by atoms with van der Waals surface area (Å²) in [6.45, 7) is 0. The van der Waals surface area contributed by atoms with Crippen LogP contribution in [0.4, 0.5) is 11.4 Å². The Balaban J connectivity index is 1.60. The van der Waals surface area contributed by atoms with Crippen molar-refractivity contribution in [3.63, 3.8) is 0 Å². The summed E-state index contributed by atoms with van der Waals surface area (Å²) in [4.78, 5) is 14.9. The predicted octanol–water partition coefficient (Wildman–Crippen LogP) is 5.85. The van der Waals surface area contributed by atoms with E-state index in [9.17, 15) is 15.4 Å². The Morgan fingerprint density at radius 2 is 1.86 bits per heavy atom. The van der Waals surface area contributed by atoms with E-state index in [1.54, 1.807) is 18.3 Å². The monoisotopic (exact) mass is 398 g/mol. The first kappa shape index (κ1) is 18.3. The zero-order valence-electron chi connectivity index (χ0n) is 15.1. The first-order chi connectivity index (χ1) is 14.2. The summed E-state index contributed by atoms with van der Waals surface area (Å²) < 4.78 is 0. The number of nitrogens with zero attached hydrogens (tertiary/aromatic N) is 3. The first-order valence-corrected chi connectivity index (χ1v) is 9.59. The topological polar surface area (TPSA) is 91.8 Å². The van der Waals surface area contributed by atoms with Gasteiger partial charge in [-0.25, -0.2) is 4.98 Å². The fourth-order valence-electron chi connectivity index (χ4n) is 2.93. The molecule has 0 fully saturated rings. The number of nitrogens with one attached hydrogen (secondary N) is 1. The van der Waals surface area contributed by atoms with Crippen LogP contribution in [0, 0.1) is 21.4 Å². The molecule has 29 heavy (non-hydrogen) atoms. The predicted molar refractivity (Wildman–Crippen MR) is 115 cm³/mol. The van der Waals surface area contributed by atoms with Crippen molar-refractivity contribution in [2.75, 3.05) is 5.32 Å². The van der Waals surface area contributed by atoms with Crippen molar-refractivity contribution in [1.82, 2.24) is 4.98 Å². The van der Waals surface area contributed by atoms with E-state index >= 15 is 0 Å². The number of anilines is 1. The van der Waals surface area contributed by atoms with Gasteiger partial charge in [0.1, 0.15) is 16.6 Å². The molecule has 0 atom stereocenters. The zero-order chi connectivity index (χ0) is 20.2. The third-order valence-electron chi connectivity index (χ3n) is 4.39. The molecule has 1 heterocycles. The molecule has 0 radical (unpaired) electrons. The Hall–Kier alpha value is -4.02. The molecule has 1 N–H and O–H groups in total. The highest BCUT2D eigenvalue weighted by Gasteiger charge is 2.11. The lowest BCUT2D eigenvalue weighted by Gasteiger charge is -2.06. The number of aromatic nitrogens is 1. The second-order valence-electron chi connectivity index (χ2n) is 6.18. The van der Waals surface area contributed by atoms with Gasteiger partial charge < -0.3 is 5.32 Å². The largest absolute Gasteiger partial charge is 0.360 e. The lowest BCUT2D eigenvalue weighted by atomic mass is 10.1. The summed E-state index contributed by atoms with van der Waals surface area (Å²) in [5.74, 6) is 0. The average molecular weight is 398 g/mol. The van der Waals surface area contributed by atoms with E-state index in [4.69, 9.17) is 0 Å². The molecule has 0 aliphatic rings. The Kier molecular flexibility index (Phi) is 5.01. The number of hydrogen-bond acceptors (Lipinski definition) is 6. The number of nitro groups is 1. The molecule has 4 aromatic rings. The molecule has 3 aromatic carbocycles. The number of rotatable bonds is 5. The lowest BCUT2D eigenvalue weighted by molar-refractivity contribution is -0.384. The van der Waals surface area contributed by atoms with Gasteiger partial charge in [-0.1, -0.05) is 36.4 Å². The van der Waals surface area contributed by atoms with Crippen LogP contribution < -0.4 is 5.32 Å². The van der Waals surface area contributed by atoms with Gasteiger partial charge in [-0.15, -0.1) is 11.3 Å². The fourth-order valence-corrected chi connectivity index (χ4v) is 3.72. The number of hydrogen-bond donors (Lipinski definition) is 1. The van der Waals surface area contributed by atoms with Crippen molar-refractivity contribution < 1.29 is 4.92 Å². The average Bonchev–Trinajstić information content (AvgIpc) is 3.24. The van der Waals surface area contributed by atoms with Crippen LogP contribution in [0.15, 0.2) is 78.3 Å². The normalized spacial score (nSPS) is 11.2. The summed E-state index contributed by atoms with van der Waals surface area (Å²) in [7, 11) is 0.